The monoisotopic (exact) mass is 420 g/mol. The van der Waals surface area contributed by atoms with Crippen molar-refractivity contribution in [1.82, 2.24) is 4.31 Å². The molecule has 2 amide bonds. The average Bonchev–Trinajstić information content (AvgIpc) is 2.65. The molecule has 0 saturated heterocycles. The van der Waals surface area contributed by atoms with Crippen LogP contribution in [-0.4, -0.2) is 31.8 Å². The second-order valence-electron chi connectivity index (χ2n) is 5.95. The maximum absolute atomic E-state index is 12.8. The minimum Gasteiger partial charge on any atom is -0.308 e. The van der Waals surface area contributed by atoms with E-state index >= 15 is 0 Å². The Morgan fingerprint density at radius 1 is 1.14 bits per heavy atom. The summed E-state index contributed by atoms with van der Waals surface area (Å²) in [5, 5.41) is 14.7. The van der Waals surface area contributed by atoms with E-state index in [9.17, 15) is 13.2 Å². The van der Waals surface area contributed by atoms with Gasteiger partial charge in [-0.3, -0.25) is 0 Å². The summed E-state index contributed by atoms with van der Waals surface area (Å²) in [5.41, 5.74) is 1.42. The summed E-state index contributed by atoms with van der Waals surface area (Å²) in [6.45, 7) is 5.94. The highest BCUT2D eigenvalue weighted by molar-refractivity contribution is 7.89. The SMILES string of the molecule is CCN(CC)S(=O)(=O)c1cc(NC(=O)Nc2ccc(Cl)cc2C#N)ccc1C. The van der Waals surface area contributed by atoms with Gasteiger partial charge in [-0.2, -0.15) is 9.57 Å². The molecule has 0 bridgehead atoms. The van der Waals surface area contributed by atoms with Crippen LogP contribution in [0.25, 0.3) is 0 Å². The van der Waals surface area contributed by atoms with Gasteiger partial charge in [0.05, 0.1) is 16.1 Å². The number of hydrogen-bond donors (Lipinski definition) is 2. The van der Waals surface area contributed by atoms with Crippen molar-refractivity contribution in [3.8, 4) is 6.07 Å². The van der Waals surface area contributed by atoms with E-state index < -0.39 is 16.1 Å². The molecule has 2 aromatic carbocycles. The summed E-state index contributed by atoms with van der Waals surface area (Å²) in [6.07, 6.45) is 0. The second kappa shape index (κ2) is 9.06. The molecule has 0 aliphatic rings. The van der Waals surface area contributed by atoms with Crippen LogP contribution in [0.2, 0.25) is 5.02 Å². The van der Waals surface area contributed by atoms with Crippen molar-refractivity contribution < 1.29 is 13.2 Å². The molecule has 2 N–H and O–H groups in total. The number of amides is 2. The number of urea groups is 1. The minimum absolute atomic E-state index is 0.137. The highest BCUT2D eigenvalue weighted by Crippen LogP contribution is 2.24. The number of nitrogens with one attached hydrogen (secondary N) is 2. The quantitative estimate of drug-likeness (QED) is 0.731. The van der Waals surface area contributed by atoms with E-state index in [1.54, 1.807) is 39.0 Å². The molecule has 7 nitrogen and oxygen atoms in total. The van der Waals surface area contributed by atoms with Crippen molar-refractivity contribution in [2.75, 3.05) is 23.7 Å². The molecule has 0 spiro atoms. The fourth-order valence-electron chi connectivity index (χ4n) is 2.66. The average molecular weight is 421 g/mol. The number of nitrogens with zero attached hydrogens (tertiary/aromatic N) is 2. The standard InChI is InChI=1S/C19H21ClN4O3S/c1-4-24(5-2)28(26,27)18-11-16(8-6-13(18)3)22-19(25)23-17-9-7-15(20)10-14(17)12-21/h6-11H,4-5H2,1-3H3,(H2,22,23,25). The maximum atomic E-state index is 12.8. The summed E-state index contributed by atoms with van der Waals surface area (Å²) in [4.78, 5) is 12.4. The zero-order chi connectivity index (χ0) is 20.9. The summed E-state index contributed by atoms with van der Waals surface area (Å²) in [6, 6.07) is 10.5. The van der Waals surface area contributed by atoms with Gasteiger partial charge in [0.1, 0.15) is 6.07 Å². The van der Waals surface area contributed by atoms with Crippen molar-refractivity contribution >= 4 is 39.0 Å². The van der Waals surface area contributed by atoms with Gasteiger partial charge in [-0.15, -0.1) is 0 Å². The number of nitriles is 1. The van der Waals surface area contributed by atoms with Crippen molar-refractivity contribution in [2.45, 2.75) is 25.7 Å². The molecule has 0 aliphatic carbocycles. The first kappa shape index (κ1) is 21.7. The van der Waals surface area contributed by atoms with Crippen molar-refractivity contribution in [2.24, 2.45) is 0 Å². The number of rotatable bonds is 6. The number of carbonyl (C=O) groups excluding carboxylic acids is 1. The van der Waals surface area contributed by atoms with Gasteiger partial charge in [0, 0.05) is 23.8 Å². The lowest BCUT2D eigenvalue weighted by Crippen LogP contribution is -2.31. The topological polar surface area (TPSA) is 102 Å². The van der Waals surface area contributed by atoms with Crippen LogP contribution in [-0.2, 0) is 10.0 Å². The molecular weight excluding hydrogens is 400 g/mol. The van der Waals surface area contributed by atoms with Crippen LogP contribution in [0.15, 0.2) is 41.3 Å². The van der Waals surface area contributed by atoms with E-state index in [1.165, 1.54) is 22.5 Å². The van der Waals surface area contributed by atoms with E-state index in [-0.39, 0.29) is 10.5 Å². The van der Waals surface area contributed by atoms with Crippen molar-refractivity contribution in [3.63, 3.8) is 0 Å². The molecule has 0 aromatic heterocycles. The Morgan fingerprint density at radius 3 is 2.43 bits per heavy atom. The number of benzene rings is 2. The summed E-state index contributed by atoms with van der Waals surface area (Å²) >= 11 is 5.85. The summed E-state index contributed by atoms with van der Waals surface area (Å²) < 4.78 is 27.0. The van der Waals surface area contributed by atoms with Crippen LogP contribution in [0.4, 0.5) is 16.2 Å². The van der Waals surface area contributed by atoms with Gasteiger partial charge < -0.3 is 10.6 Å². The van der Waals surface area contributed by atoms with E-state index in [1.807, 2.05) is 6.07 Å². The minimum atomic E-state index is -3.66. The molecule has 28 heavy (non-hydrogen) atoms. The van der Waals surface area contributed by atoms with Crippen molar-refractivity contribution in [1.29, 1.82) is 5.26 Å². The number of sulfonamides is 1. The Hall–Kier alpha value is -2.60. The third-order valence-corrected chi connectivity index (χ3v) is 6.55. The fourth-order valence-corrected chi connectivity index (χ4v) is 4.54. The van der Waals surface area contributed by atoms with E-state index in [2.05, 4.69) is 10.6 Å². The third kappa shape index (κ3) is 4.81. The first-order valence-corrected chi connectivity index (χ1v) is 10.4. The number of hydrogen-bond acceptors (Lipinski definition) is 4. The number of anilines is 2. The van der Waals surface area contributed by atoms with Gasteiger partial charge in [0.25, 0.3) is 0 Å². The molecule has 2 rings (SSSR count). The van der Waals surface area contributed by atoms with Gasteiger partial charge >= 0.3 is 6.03 Å². The van der Waals surface area contributed by atoms with E-state index in [4.69, 9.17) is 16.9 Å². The van der Waals surface area contributed by atoms with Crippen LogP contribution >= 0.6 is 11.6 Å². The Labute approximate surface area is 170 Å². The lowest BCUT2D eigenvalue weighted by Gasteiger charge is -2.20. The van der Waals surface area contributed by atoms with Gasteiger partial charge in [0.2, 0.25) is 10.0 Å². The molecule has 0 fully saturated rings. The summed E-state index contributed by atoms with van der Waals surface area (Å²) in [5.74, 6) is 0. The highest BCUT2D eigenvalue weighted by atomic mass is 35.5. The Kier molecular flexibility index (Phi) is 7.02. The Bertz CT molecular complexity index is 1030. The van der Waals surface area contributed by atoms with Crippen LogP contribution in [0.5, 0.6) is 0 Å². The first-order valence-electron chi connectivity index (χ1n) is 8.61. The predicted octanol–water partition coefficient (Wildman–Crippen LogP) is 4.19. The predicted molar refractivity (Wildman–Crippen MR) is 110 cm³/mol. The normalized spacial score (nSPS) is 11.1. The molecule has 0 heterocycles. The van der Waals surface area contributed by atoms with Gasteiger partial charge in [0.15, 0.2) is 0 Å². The van der Waals surface area contributed by atoms with Gasteiger partial charge in [-0.05, 0) is 42.8 Å². The van der Waals surface area contributed by atoms with Gasteiger partial charge in [-0.25, -0.2) is 13.2 Å². The van der Waals surface area contributed by atoms with E-state index in [0.29, 0.717) is 35.1 Å². The smallest absolute Gasteiger partial charge is 0.308 e. The van der Waals surface area contributed by atoms with Crippen LogP contribution in [0, 0.1) is 18.3 Å². The lowest BCUT2D eigenvalue weighted by atomic mass is 10.2. The van der Waals surface area contributed by atoms with Crippen molar-refractivity contribution in [3.05, 3.63) is 52.5 Å². The molecular formula is C19H21ClN4O3S. The largest absolute Gasteiger partial charge is 0.323 e. The van der Waals surface area contributed by atoms with Gasteiger partial charge in [-0.1, -0.05) is 31.5 Å². The Morgan fingerprint density at radius 2 is 1.82 bits per heavy atom. The number of carbonyl (C=O) groups is 1. The maximum Gasteiger partial charge on any atom is 0.323 e. The molecule has 0 radical (unpaired) electrons. The fraction of sp³-hybridized carbons (Fsp3) is 0.263. The summed E-state index contributed by atoms with van der Waals surface area (Å²) in [7, 11) is -3.66. The number of halogens is 1. The molecule has 2 aromatic rings. The van der Waals surface area contributed by atoms with Crippen LogP contribution < -0.4 is 10.6 Å². The lowest BCUT2D eigenvalue weighted by molar-refractivity contribution is 0.262. The van der Waals surface area contributed by atoms with Crippen LogP contribution in [0.1, 0.15) is 25.0 Å². The molecule has 0 atom stereocenters. The molecule has 9 heteroatoms. The second-order valence-corrected chi connectivity index (χ2v) is 8.29. The molecule has 0 unspecified atom stereocenters. The third-order valence-electron chi connectivity index (χ3n) is 4.12. The number of aryl methyl sites for hydroxylation is 1. The Balaban J connectivity index is 2.26. The van der Waals surface area contributed by atoms with Crippen LogP contribution in [0.3, 0.4) is 0 Å². The first-order chi connectivity index (χ1) is 13.2. The zero-order valence-corrected chi connectivity index (χ0v) is 17.4. The van der Waals surface area contributed by atoms with E-state index in [0.717, 1.165) is 0 Å². The molecule has 148 valence electrons. The highest BCUT2D eigenvalue weighted by Gasteiger charge is 2.24. The molecule has 0 aliphatic heterocycles. The zero-order valence-electron chi connectivity index (χ0n) is 15.8. The molecule has 0 saturated carbocycles.